The first-order chi connectivity index (χ1) is 18.6. The Labute approximate surface area is 224 Å². The van der Waals surface area contributed by atoms with Crippen molar-refractivity contribution in [1.82, 2.24) is 25.9 Å². The molecule has 0 bridgehead atoms. The number of carboxylic acids is 1. The first-order valence-electron chi connectivity index (χ1n) is 12.2. The summed E-state index contributed by atoms with van der Waals surface area (Å²) in [6.45, 7) is -0.665. The molecule has 1 aromatic heterocycles. The van der Waals surface area contributed by atoms with E-state index < -0.39 is 54.5 Å². The Hall–Kier alpha value is -4.50. The van der Waals surface area contributed by atoms with Crippen LogP contribution >= 0.6 is 0 Å². The summed E-state index contributed by atoms with van der Waals surface area (Å²) in [6.07, 6.45) is 3.40. The predicted molar refractivity (Wildman–Crippen MR) is 141 cm³/mol. The van der Waals surface area contributed by atoms with Crippen LogP contribution in [0.4, 0.5) is 0 Å². The average Bonchev–Trinajstić information content (AvgIpc) is 3.41. The molecule has 39 heavy (non-hydrogen) atoms. The molecule has 3 amide bonds. The molecule has 0 saturated heterocycles. The molecule has 0 aliphatic heterocycles. The molecular formula is C24H35N9O6. The van der Waals surface area contributed by atoms with Crippen LogP contribution in [0, 0.1) is 0 Å². The number of aromatic amines is 1. The Balaban J connectivity index is 2.18. The van der Waals surface area contributed by atoms with E-state index >= 15 is 0 Å². The lowest BCUT2D eigenvalue weighted by molar-refractivity contribution is -0.143. The number of aliphatic hydroxyl groups is 1. The van der Waals surface area contributed by atoms with Crippen molar-refractivity contribution >= 4 is 29.7 Å². The SMILES string of the molecule is NC(N)=NCCCC(NC(=O)C(N)Cc1ccccc1)C(=O)NC(Cc1cnc[nH]1)C(=O)NC(CO)C(=O)O. The summed E-state index contributed by atoms with van der Waals surface area (Å²) in [6, 6.07) is 4.20. The number of nitrogens with two attached hydrogens (primary N) is 3. The van der Waals surface area contributed by atoms with Gasteiger partial charge in [0.25, 0.3) is 0 Å². The number of benzene rings is 1. The fourth-order valence-corrected chi connectivity index (χ4v) is 3.57. The predicted octanol–water partition coefficient (Wildman–Crippen LogP) is -2.89. The van der Waals surface area contributed by atoms with E-state index in [4.69, 9.17) is 17.2 Å². The number of rotatable bonds is 16. The molecular weight excluding hydrogens is 510 g/mol. The van der Waals surface area contributed by atoms with Crippen LogP contribution in [-0.2, 0) is 32.0 Å². The second-order valence-electron chi connectivity index (χ2n) is 8.73. The van der Waals surface area contributed by atoms with Crippen LogP contribution in [0.5, 0.6) is 0 Å². The number of carbonyl (C=O) groups excluding carboxylic acids is 3. The molecule has 0 radical (unpaired) electrons. The maximum Gasteiger partial charge on any atom is 0.328 e. The summed E-state index contributed by atoms with van der Waals surface area (Å²) in [5, 5.41) is 25.8. The smallest absolute Gasteiger partial charge is 0.328 e. The minimum atomic E-state index is -1.58. The molecule has 2 rings (SSSR count). The van der Waals surface area contributed by atoms with Crippen molar-refractivity contribution in [2.75, 3.05) is 13.2 Å². The molecule has 15 nitrogen and oxygen atoms in total. The fourth-order valence-electron chi connectivity index (χ4n) is 3.57. The van der Waals surface area contributed by atoms with Crippen LogP contribution in [0.2, 0.25) is 0 Å². The zero-order chi connectivity index (χ0) is 28.8. The molecule has 1 aromatic carbocycles. The van der Waals surface area contributed by atoms with Crippen LogP contribution in [0.15, 0.2) is 47.8 Å². The number of aliphatic carboxylic acids is 1. The van der Waals surface area contributed by atoms with Gasteiger partial charge in [0, 0.05) is 24.9 Å². The first kappa shape index (κ1) is 30.7. The van der Waals surface area contributed by atoms with Gasteiger partial charge in [-0.15, -0.1) is 0 Å². The number of nitrogens with zero attached hydrogens (tertiary/aromatic N) is 2. The van der Waals surface area contributed by atoms with E-state index in [-0.39, 0.29) is 31.8 Å². The van der Waals surface area contributed by atoms with Crippen molar-refractivity contribution in [3.05, 3.63) is 54.1 Å². The lowest BCUT2D eigenvalue weighted by Gasteiger charge is -2.25. The Morgan fingerprint density at radius 1 is 0.949 bits per heavy atom. The molecule has 0 fully saturated rings. The number of aliphatic hydroxyl groups excluding tert-OH is 1. The minimum Gasteiger partial charge on any atom is -0.480 e. The number of aliphatic imine (C=N–C) groups is 1. The number of guanidine groups is 1. The zero-order valence-corrected chi connectivity index (χ0v) is 21.2. The Morgan fingerprint density at radius 3 is 2.18 bits per heavy atom. The molecule has 12 N–H and O–H groups in total. The Morgan fingerprint density at radius 2 is 1.59 bits per heavy atom. The highest BCUT2D eigenvalue weighted by Crippen LogP contribution is 2.06. The third-order valence-electron chi connectivity index (χ3n) is 5.62. The van der Waals surface area contributed by atoms with Crippen molar-refractivity contribution in [1.29, 1.82) is 0 Å². The molecule has 15 heteroatoms. The summed E-state index contributed by atoms with van der Waals surface area (Å²) >= 11 is 0. The number of hydrogen-bond acceptors (Lipinski definition) is 8. The van der Waals surface area contributed by atoms with Crippen LogP contribution < -0.4 is 33.2 Å². The molecule has 212 valence electrons. The van der Waals surface area contributed by atoms with Crippen LogP contribution in [0.3, 0.4) is 0 Å². The number of H-pyrrole nitrogens is 1. The van der Waals surface area contributed by atoms with Crippen LogP contribution in [0.1, 0.15) is 24.1 Å². The van der Waals surface area contributed by atoms with Gasteiger partial charge in [0.15, 0.2) is 5.96 Å². The van der Waals surface area contributed by atoms with E-state index in [1.165, 1.54) is 12.5 Å². The number of nitrogens with one attached hydrogen (secondary N) is 4. The lowest BCUT2D eigenvalue weighted by atomic mass is 10.0. The topological polar surface area (TPSA) is 264 Å². The molecule has 4 unspecified atom stereocenters. The van der Waals surface area contributed by atoms with Crippen LogP contribution in [0.25, 0.3) is 0 Å². The van der Waals surface area contributed by atoms with Gasteiger partial charge in [-0.2, -0.15) is 0 Å². The monoisotopic (exact) mass is 545 g/mol. The van der Waals surface area contributed by atoms with Crippen LogP contribution in [-0.4, -0.2) is 87.2 Å². The Kier molecular flexibility index (Phi) is 12.4. The van der Waals surface area contributed by atoms with Crippen molar-refractivity contribution in [2.45, 2.75) is 49.9 Å². The summed E-state index contributed by atoms with van der Waals surface area (Å²) in [4.78, 5) is 60.9. The molecule has 0 aliphatic rings. The number of imidazole rings is 1. The van der Waals surface area contributed by atoms with E-state index in [1.807, 2.05) is 30.3 Å². The molecule has 4 atom stereocenters. The van der Waals surface area contributed by atoms with Gasteiger partial charge in [0.2, 0.25) is 17.7 Å². The second-order valence-corrected chi connectivity index (χ2v) is 8.73. The molecule has 2 aromatic rings. The number of aromatic nitrogens is 2. The quantitative estimate of drug-likeness (QED) is 0.0590. The first-order valence-corrected chi connectivity index (χ1v) is 12.2. The fraction of sp³-hybridized carbons (Fsp3) is 0.417. The highest BCUT2D eigenvalue weighted by molar-refractivity contribution is 5.94. The van der Waals surface area contributed by atoms with Crippen molar-refractivity contribution in [3.63, 3.8) is 0 Å². The normalized spacial score (nSPS) is 13.8. The highest BCUT2D eigenvalue weighted by atomic mass is 16.4. The molecule has 0 spiro atoms. The van der Waals surface area contributed by atoms with Crippen molar-refractivity contribution in [2.24, 2.45) is 22.2 Å². The summed E-state index contributed by atoms with van der Waals surface area (Å²) in [5.41, 5.74) is 18.1. The zero-order valence-electron chi connectivity index (χ0n) is 21.2. The maximum atomic E-state index is 13.3. The van der Waals surface area contributed by atoms with Gasteiger partial charge < -0.3 is 48.3 Å². The standard InChI is InChI=1S/C24H35N9O6/c25-16(9-14-5-2-1-3-6-14)20(35)31-17(7-4-8-29-24(26)27)21(36)32-18(10-15-11-28-13-30-15)22(37)33-19(12-34)23(38)39/h1-3,5-6,11,13,16-19,34H,4,7-10,12,25H2,(H,28,30)(H,31,35)(H,32,36)(H,33,37)(H,38,39)(H4,26,27,29). The van der Waals surface area contributed by atoms with Gasteiger partial charge in [-0.1, -0.05) is 30.3 Å². The lowest BCUT2D eigenvalue weighted by Crippen LogP contribution is -2.58. The van der Waals surface area contributed by atoms with Crippen molar-refractivity contribution < 1.29 is 29.4 Å². The minimum absolute atomic E-state index is 0.0719. The summed E-state index contributed by atoms with van der Waals surface area (Å²) in [7, 11) is 0. The van der Waals surface area contributed by atoms with Crippen molar-refractivity contribution in [3.8, 4) is 0 Å². The second kappa shape index (κ2) is 15.7. The third kappa shape index (κ3) is 10.8. The number of hydrogen-bond donors (Lipinski definition) is 9. The van der Waals surface area contributed by atoms with Gasteiger partial charge in [0.05, 0.1) is 19.0 Å². The summed E-state index contributed by atoms with van der Waals surface area (Å²) in [5.74, 6) is -3.73. The van der Waals surface area contributed by atoms with Gasteiger partial charge in [-0.05, 0) is 24.8 Å². The number of carbonyl (C=O) groups is 4. The Bertz CT molecular complexity index is 1110. The number of amides is 3. The van der Waals surface area contributed by atoms with E-state index in [0.717, 1.165) is 5.56 Å². The van der Waals surface area contributed by atoms with Gasteiger partial charge in [0.1, 0.15) is 18.1 Å². The van der Waals surface area contributed by atoms with Gasteiger partial charge >= 0.3 is 5.97 Å². The van der Waals surface area contributed by atoms with E-state index in [0.29, 0.717) is 12.1 Å². The molecule has 0 aliphatic carbocycles. The highest BCUT2D eigenvalue weighted by Gasteiger charge is 2.30. The maximum absolute atomic E-state index is 13.3. The molecule has 1 heterocycles. The van der Waals surface area contributed by atoms with E-state index in [9.17, 15) is 29.4 Å². The van der Waals surface area contributed by atoms with Gasteiger partial charge in [-0.3, -0.25) is 19.4 Å². The van der Waals surface area contributed by atoms with E-state index in [2.05, 4.69) is 30.9 Å². The molecule has 0 saturated carbocycles. The largest absolute Gasteiger partial charge is 0.480 e. The van der Waals surface area contributed by atoms with Gasteiger partial charge in [-0.25, -0.2) is 9.78 Å². The van der Waals surface area contributed by atoms with E-state index in [1.54, 1.807) is 0 Å². The third-order valence-corrected chi connectivity index (χ3v) is 5.62. The average molecular weight is 546 g/mol. The number of carboxylic acid groups (broad SMARTS) is 1. The summed E-state index contributed by atoms with van der Waals surface area (Å²) < 4.78 is 0.